The maximum Gasteiger partial charge on any atom is 0.315 e. The van der Waals surface area contributed by atoms with Crippen LogP contribution in [0.4, 0.5) is 4.79 Å². The van der Waals surface area contributed by atoms with Crippen LogP contribution in [-0.4, -0.2) is 53.5 Å². The third kappa shape index (κ3) is 3.94. The van der Waals surface area contributed by atoms with Crippen molar-refractivity contribution < 1.29 is 24.3 Å². The molecule has 3 N–H and O–H groups in total. The van der Waals surface area contributed by atoms with Crippen molar-refractivity contribution in [3.8, 4) is 0 Å². The number of carbonyl (C=O) groups excluding carboxylic acids is 3. The summed E-state index contributed by atoms with van der Waals surface area (Å²) in [5, 5.41) is 13.7. The highest BCUT2D eigenvalue weighted by molar-refractivity contribution is 6.06. The smallest absolute Gasteiger partial charge is 0.315 e. The summed E-state index contributed by atoms with van der Waals surface area (Å²) in [5.74, 6) is -2.45. The minimum absolute atomic E-state index is 0.0142. The predicted octanol–water partition coefficient (Wildman–Crippen LogP) is -0.456. The molecule has 8 heteroatoms. The van der Waals surface area contributed by atoms with E-state index in [1.807, 2.05) is 6.92 Å². The summed E-state index contributed by atoms with van der Waals surface area (Å²) in [4.78, 5) is 46.3. The van der Waals surface area contributed by atoms with E-state index < -0.39 is 29.9 Å². The van der Waals surface area contributed by atoms with Crippen molar-refractivity contribution in [1.82, 2.24) is 15.5 Å². The average Bonchev–Trinajstić information content (AvgIpc) is 2.62. The molecule has 1 fully saturated rings. The summed E-state index contributed by atoms with van der Waals surface area (Å²) in [7, 11) is 1.35. The lowest BCUT2D eigenvalue weighted by molar-refractivity contribution is -0.142. The Morgan fingerprint density at radius 2 is 2.10 bits per heavy atom. The molecule has 0 saturated carbocycles. The molecule has 1 saturated heterocycles. The molecule has 8 nitrogen and oxygen atoms in total. The summed E-state index contributed by atoms with van der Waals surface area (Å²) < 4.78 is 0. The van der Waals surface area contributed by atoms with Crippen molar-refractivity contribution in [2.75, 3.05) is 13.6 Å². The largest absolute Gasteiger partial charge is 0.481 e. The molecule has 1 rings (SSSR count). The van der Waals surface area contributed by atoms with Gasteiger partial charge in [-0.25, -0.2) is 4.79 Å². The summed E-state index contributed by atoms with van der Waals surface area (Å²) in [6.07, 6.45) is 1.08. The first kappa shape index (κ1) is 15.9. The van der Waals surface area contributed by atoms with Gasteiger partial charge in [-0.05, 0) is 6.42 Å². The first-order valence-electron chi connectivity index (χ1n) is 6.44. The van der Waals surface area contributed by atoms with E-state index in [1.165, 1.54) is 7.05 Å². The molecule has 0 spiro atoms. The van der Waals surface area contributed by atoms with E-state index in [-0.39, 0.29) is 18.9 Å². The van der Waals surface area contributed by atoms with Crippen molar-refractivity contribution in [1.29, 1.82) is 0 Å². The third-order valence-electron chi connectivity index (χ3n) is 3.18. The lowest BCUT2D eigenvalue weighted by Crippen LogP contribution is -2.47. The van der Waals surface area contributed by atoms with Crippen molar-refractivity contribution in [3.63, 3.8) is 0 Å². The highest BCUT2D eigenvalue weighted by Crippen LogP contribution is 2.10. The molecule has 2 unspecified atom stereocenters. The van der Waals surface area contributed by atoms with Gasteiger partial charge >= 0.3 is 12.0 Å². The van der Waals surface area contributed by atoms with Crippen LogP contribution < -0.4 is 10.6 Å². The van der Waals surface area contributed by atoms with E-state index in [2.05, 4.69) is 10.6 Å². The first-order chi connectivity index (χ1) is 9.36. The molecule has 0 aromatic heterocycles. The number of imide groups is 1. The Kier molecular flexibility index (Phi) is 5.48. The number of carbonyl (C=O) groups is 4. The second-order valence-corrected chi connectivity index (χ2v) is 4.73. The molecule has 0 radical (unpaired) electrons. The topological polar surface area (TPSA) is 116 Å². The summed E-state index contributed by atoms with van der Waals surface area (Å²) in [5.41, 5.74) is 0. The van der Waals surface area contributed by atoms with Gasteiger partial charge in [0.15, 0.2) is 0 Å². The predicted molar refractivity (Wildman–Crippen MR) is 68.8 cm³/mol. The number of aliphatic carboxylic acids is 1. The van der Waals surface area contributed by atoms with E-state index >= 15 is 0 Å². The van der Waals surface area contributed by atoms with E-state index in [0.29, 0.717) is 12.8 Å². The molecule has 1 aliphatic heterocycles. The maximum atomic E-state index is 11.6. The molecule has 0 bridgehead atoms. The van der Waals surface area contributed by atoms with E-state index in [1.54, 1.807) is 0 Å². The zero-order valence-corrected chi connectivity index (χ0v) is 11.5. The van der Waals surface area contributed by atoms with Gasteiger partial charge in [-0.15, -0.1) is 0 Å². The minimum Gasteiger partial charge on any atom is -0.481 e. The number of nitrogens with zero attached hydrogens (tertiary/aromatic N) is 1. The van der Waals surface area contributed by atoms with Crippen molar-refractivity contribution in [2.24, 2.45) is 5.92 Å². The van der Waals surface area contributed by atoms with Gasteiger partial charge in [-0.1, -0.05) is 13.3 Å². The molecule has 4 amide bonds. The molecular formula is C12H19N3O5. The van der Waals surface area contributed by atoms with Crippen LogP contribution in [0.15, 0.2) is 0 Å². The number of hydrogen-bond acceptors (Lipinski definition) is 4. The lowest BCUT2D eigenvalue weighted by atomic mass is 10.0. The first-order valence-corrected chi connectivity index (χ1v) is 6.44. The van der Waals surface area contributed by atoms with E-state index in [0.717, 1.165) is 4.90 Å². The fraction of sp³-hybridized carbons (Fsp3) is 0.667. The Balaban J connectivity index is 2.42. The fourth-order valence-electron chi connectivity index (χ4n) is 1.95. The number of likely N-dealkylation sites (tertiary alicyclic amines) is 1. The normalized spacial score (nSPS) is 19.9. The van der Waals surface area contributed by atoms with Gasteiger partial charge in [-0.3, -0.25) is 19.3 Å². The van der Waals surface area contributed by atoms with Crippen LogP contribution in [0.1, 0.15) is 26.2 Å². The Labute approximate surface area is 116 Å². The van der Waals surface area contributed by atoms with E-state index in [4.69, 9.17) is 5.11 Å². The lowest BCUT2D eigenvalue weighted by Gasteiger charge is -2.15. The Bertz CT molecular complexity index is 423. The highest BCUT2D eigenvalue weighted by atomic mass is 16.4. The van der Waals surface area contributed by atoms with Crippen molar-refractivity contribution in [3.05, 3.63) is 0 Å². The van der Waals surface area contributed by atoms with Gasteiger partial charge in [-0.2, -0.15) is 0 Å². The molecule has 0 aromatic rings. The monoisotopic (exact) mass is 285 g/mol. The highest BCUT2D eigenvalue weighted by Gasteiger charge is 2.36. The van der Waals surface area contributed by atoms with Crippen LogP contribution in [0.5, 0.6) is 0 Å². The summed E-state index contributed by atoms with van der Waals surface area (Å²) in [6.45, 7) is 1.84. The second kappa shape index (κ2) is 6.88. The number of carboxylic acid groups (broad SMARTS) is 1. The molecular weight excluding hydrogens is 266 g/mol. The summed E-state index contributed by atoms with van der Waals surface area (Å²) >= 11 is 0. The van der Waals surface area contributed by atoms with Crippen LogP contribution in [0.25, 0.3) is 0 Å². The van der Waals surface area contributed by atoms with Gasteiger partial charge in [0.2, 0.25) is 5.91 Å². The van der Waals surface area contributed by atoms with Gasteiger partial charge in [0.05, 0.1) is 12.3 Å². The van der Waals surface area contributed by atoms with Crippen LogP contribution >= 0.6 is 0 Å². The van der Waals surface area contributed by atoms with E-state index in [9.17, 15) is 19.2 Å². The molecule has 112 valence electrons. The van der Waals surface area contributed by atoms with Crippen LogP contribution in [-0.2, 0) is 14.4 Å². The Hall–Kier alpha value is -2.12. The third-order valence-corrected chi connectivity index (χ3v) is 3.18. The molecule has 2 atom stereocenters. The number of amides is 4. The van der Waals surface area contributed by atoms with Gasteiger partial charge in [0.25, 0.3) is 5.91 Å². The van der Waals surface area contributed by atoms with Crippen molar-refractivity contribution >= 4 is 23.8 Å². The average molecular weight is 285 g/mol. The number of urea groups is 1. The van der Waals surface area contributed by atoms with Crippen LogP contribution in [0.2, 0.25) is 0 Å². The summed E-state index contributed by atoms with van der Waals surface area (Å²) in [6, 6.07) is -1.52. The van der Waals surface area contributed by atoms with Gasteiger partial charge in [0, 0.05) is 13.6 Å². The number of likely N-dealkylation sites (N-methyl/N-ethyl adjacent to an activating group) is 1. The van der Waals surface area contributed by atoms with Crippen LogP contribution in [0, 0.1) is 5.92 Å². The number of carboxylic acids is 1. The number of nitrogens with one attached hydrogen (secondary N) is 2. The number of hydrogen-bond donors (Lipinski definition) is 3. The molecule has 1 heterocycles. The SMILES string of the molecule is CCCC(CNC(=O)NC1CC(=O)N(C)C1=O)C(=O)O. The maximum absolute atomic E-state index is 11.6. The zero-order chi connectivity index (χ0) is 15.3. The standard InChI is InChI=1S/C12H19N3O5/c1-3-4-7(11(18)19)6-13-12(20)14-8-5-9(16)15(2)10(8)17/h7-8H,3-6H2,1-2H3,(H,18,19)(H2,13,14,20). The quantitative estimate of drug-likeness (QED) is 0.571. The van der Waals surface area contributed by atoms with Gasteiger partial charge < -0.3 is 15.7 Å². The Morgan fingerprint density at radius 1 is 1.45 bits per heavy atom. The van der Waals surface area contributed by atoms with Crippen LogP contribution in [0.3, 0.4) is 0 Å². The molecule has 0 aliphatic carbocycles. The van der Waals surface area contributed by atoms with Crippen molar-refractivity contribution in [2.45, 2.75) is 32.2 Å². The number of rotatable bonds is 6. The fourth-order valence-corrected chi connectivity index (χ4v) is 1.95. The second-order valence-electron chi connectivity index (χ2n) is 4.73. The van der Waals surface area contributed by atoms with Gasteiger partial charge in [0.1, 0.15) is 6.04 Å². The minimum atomic E-state index is -0.973. The zero-order valence-electron chi connectivity index (χ0n) is 11.5. The molecule has 1 aliphatic rings. The Morgan fingerprint density at radius 3 is 2.55 bits per heavy atom. The molecule has 0 aromatic carbocycles. The molecule has 20 heavy (non-hydrogen) atoms.